The van der Waals surface area contributed by atoms with Gasteiger partial charge in [0.05, 0.1) is 5.56 Å². The molecule has 1 aliphatic heterocycles. The quantitative estimate of drug-likeness (QED) is 0.451. The third kappa shape index (κ3) is 3.77. The van der Waals surface area contributed by atoms with E-state index in [1.807, 2.05) is 48.2 Å². The molecule has 0 radical (unpaired) electrons. The molecule has 1 aliphatic carbocycles. The van der Waals surface area contributed by atoms with E-state index in [0.29, 0.717) is 23.5 Å². The van der Waals surface area contributed by atoms with E-state index in [9.17, 15) is 4.79 Å². The van der Waals surface area contributed by atoms with E-state index < -0.39 is 0 Å². The molecule has 166 valence electrons. The third-order valence-electron chi connectivity index (χ3n) is 6.91. The van der Waals surface area contributed by atoms with Gasteiger partial charge in [-0.3, -0.25) is 4.79 Å². The van der Waals surface area contributed by atoms with Crippen molar-refractivity contribution in [3.05, 3.63) is 72.1 Å². The van der Waals surface area contributed by atoms with Gasteiger partial charge >= 0.3 is 0 Å². The maximum Gasteiger partial charge on any atom is 0.273 e. The fraction of sp³-hybridized carbons (Fsp3) is 0.346. The lowest BCUT2D eigenvalue weighted by Gasteiger charge is -2.25. The fourth-order valence-electron chi connectivity index (χ4n) is 4.99. The van der Waals surface area contributed by atoms with Crippen LogP contribution in [0.5, 0.6) is 0 Å². The van der Waals surface area contributed by atoms with Crippen LogP contribution in [0.4, 0.5) is 0 Å². The Kier molecular flexibility index (Phi) is 4.71. The maximum absolute atomic E-state index is 13.8. The molecule has 2 aliphatic rings. The molecule has 33 heavy (non-hydrogen) atoms. The van der Waals surface area contributed by atoms with Crippen LogP contribution in [0.3, 0.4) is 0 Å². The van der Waals surface area contributed by atoms with Gasteiger partial charge in [-0.1, -0.05) is 12.1 Å². The molecule has 0 N–H and O–H groups in total. The Morgan fingerprint density at radius 2 is 1.91 bits per heavy atom. The normalized spacial score (nSPS) is 18.8. The van der Waals surface area contributed by atoms with Gasteiger partial charge in [-0.25, -0.2) is 19.9 Å². The molecule has 1 saturated carbocycles. The van der Waals surface area contributed by atoms with E-state index in [1.54, 1.807) is 18.5 Å². The summed E-state index contributed by atoms with van der Waals surface area (Å²) in [5, 5.41) is 0. The van der Waals surface area contributed by atoms with Crippen LogP contribution in [-0.4, -0.2) is 43.3 Å². The number of rotatable bonds is 5. The van der Waals surface area contributed by atoms with Crippen LogP contribution in [0.15, 0.2) is 59.3 Å². The number of amides is 1. The lowest BCUT2D eigenvalue weighted by atomic mass is 10.0. The zero-order chi connectivity index (χ0) is 22.4. The summed E-state index contributed by atoms with van der Waals surface area (Å²) in [5.41, 5.74) is 3.88. The highest BCUT2D eigenvalue weighted by Gasteiger charge is 2.53. The fourth-order valence-corrected chi connectivity index (χ4v) is 4.99. The van der Waals surface area contributed by atoms with Crippen LogP contribution in [0.2, 0.25) is 0 Å². The van der Waals surface area contributed by atoms with Crippen molar-refractivity contribution in [3.63, 3.8) is 0 Å². The zero-order valence-corrected chi connectivity index (χ0v) is 18.6. The Hall–Kier alpha value is -3.61. The van der Waals surface area contributed by atoms with E-state index in [4.69, 9.17) is 4.42 Å². The predicted molar refractivity (Wildman–Crippen MR) is 123 cm³/mol. The molecule has 1 aromatic carbocycles. The monoisotopic (exact) mass is 439 g/mol. The summed E-state index contributed by atoms with van der Waals surface area (Å²) in [5.74, 6) is 1.22. The lowest BCUT2D eigenvalue weighted by molar-refractivity contribution is 0.0718. The van der Waals surface area contributed by atoms with Crippen molar-refractivity contribution in [2.24, 2.45) is 5.41 Å². The summed E-state index contributed by atoms with van der Waals surface area (Å²) in [7, 11) is 0. The summed E-state index contributed by atoms with van der Waals surface area (Å²) >= 11 is 0. The van der Waals surface area contributed by atoms with Crippen LogP contribution < -0.4 is 0 Å². The van der Waals surface area contributed by atoms with Crippen LogP contribution >= 0.6 is 0 Å². The average molecular weight is 440 g/mol. The molecule has 2 fully saturated rings. The van der Waals surface area contributed by atoms with Crippen molar-refractivity contribution in [3.8, 4) is 11.4 Å². The van der Waals surface area contributed by atoms with Gasteiger partial charge in [0.1, 0.15) is 11.2 Å². The number of hydrogen-bond acceptors (Lipinski definition) is 6. The number of likely N-dealkylation sites (tertiary alicyclic amines) is 1. The SMILES string of the molecule is Cc1ccc(-c2ncccn2)c(C(=O)N2CC3(CC3)C[C@H]2CCc2nc3ccccc3o2)n1. The smallest absolute Gasteiger partial charge is 0.273 e. The van der Waals surface area contributed by atoms with Crippen molar-refractivity contribution in [2.75, 3.05) is 6.54 Å². The summed E-state index contributed by atoms with van der Waals surface area (Å²) in [6, 6.07) is 13.5. The molecule has 1 spiro atoms. The highest BCUT2D eigenvalue weighted by atomic mass is 16.3. The number of aryl methyl sites for hydroxylation is 2. The van der Waals surface area contributed by atoms with Gasteiger partial charge in [-0.15, -0.1) is 0 Å². The Morgan fingerprint density at radius 3 is 2.70 bits per heavy atom. The van der Waals surface area contributed by atoms with Crippen LogP contribution in [0.1, 0.15) is 47.8 Å². The number of pyridine rings is 1. The second kappa shape index (κ2) is 7.76. The molecular weight excluding hydrogens is 414 g/mol. The summed E-state index contributed by atoms with van der Waals surface area (Å²) in [6.45, 7) is 2.69. The Balaban J connectivity index is 1.28. The summed E-state index contributed by atoms with van der Waals surface area (Å²) in [4.78, 5) is 33.9. The Morgan fingerprint density at radius 1 is 1.09 bits per heavy atom. The minimum atomic E-state index is -0.0347. The first-order valence-corrected chi connectivity index (χ1v) is 11.5. The molecule has 1 atom stereocenters. The third-order valence-corrected chi connectivity index (χ3v) is 6.91. The van der Waals surface area contributed by atoms with Crippen LogP contribution in [0, 0.1) is 12.3 Å². The summed E-state index contributed by atoms with van der Waals surface area (Å²) in [6.07, 6.45) is 8.31. The number of oxazole rings is 1. The standard InChI is InChI=1S/C26H25N5O2/c1-17-7-9-19(24-27-13-4-14-28-24)23(29-17)25(32)31-16-26(11-12-26)15-18(31)8-10-22-30-20-5-2-3-6-21(20)33-22/h2-7,9,13-14,18H,8,10-12,15-16H2,1H3/t18-/m1/s1. The van der Waals surface area contributed by atoms with Crippen molar-refractivity contribution in [1.29, 1.82) is 0 Å². The van der Waals surface area contributed by atoms with Gasteiger partial charge < -0.3 is 9.32 Å². The molecule has 1 saturated heterocycles. The number of hydrogen-bond donors (Lipinski definition) is 0. The number of benzene rings is 1. The number of carbonyl (C=O) groups is 1. The molecule has 1 amide bonds. The van der Waals surface area contributed by atoms with Crippen LogP contribution in [0.25, 0.3) is 22.5 Å². The number of carbonyl (C=O) groups excluding carboxylic acids is 1. The number of para-hydroxylation sites is 2. The molecule has 6 rings (SSSR count). The molecule has 0 bridgehead atoms. The second-order valence-electron chi connectivity index (χ2n) is 9.33. The van der Waals surface area contributed by atoms with Crippen molar-refractivity contribution in [1.82, 2.24) is 24.8 Å². The molecule has 3 aromatic heterocycles. The highest BCUT2D eigenvalue weighted by molar-refractivity contribution is 5.98. The van der Waals surface area contributed by atoms with Gasteiger partial charge in [-0.05, 0) is 68.4 Å². The van der Waals surface area contributed by atoms with Gasteiger partial charge in [0.15, 0.2) is 17.3 Å². The van der Waals surface area contributed by atoms with Crippen LogP contribution in [-0.2, 0) is 6.42 Å². The number of fused-ring (bicyclic) bond motifs is 1. The van der Waals surface area contributed by atoms with Gasteiger partial charge in [-0.2, -0.15) is 0 Å². The number of aromatic nitrogens is 4. The first kappa shape index (κ1) is 20.0. The lowest BCUT2D eigenvalue weighted by Crippen LogP contribution is -2.37. The molecule has 4 heterocycles. The Bertz CT molecular complexity index is 1300. The van der Waals surface area contributed by atoms with Crippen molar-refractivity contribution < 1.29 is 9.21 Å². The first-order chi connectivity index (χ1) is 16.1. The zero-order valence-electron chi connectivity index (χ0n) is 18.6. The van der Waals surface area contributed by atoms with E-state index in [-0.39, 0.29) is 17.4 Å². The highest BCUT2D eigenvalue weighted by Crippen LogP contribution is 2.55. The summed E-state index contributed by atoms with van der Waals surface area (Å²) < 4.78 is 5.93. The van der Waals surface area contributed by atoms with Crippen molar-refractivity contribution in [2.45, 2.75) is 45.1 Å². The molecule has 7 nitrogen and oxygen atoms in total. The average Bonchev–Trinajstić information content (AvgIpc) is 3.30. The van der Waals surface area contributed by atoms with E-state index >= 15 is 0 Å². The van der Waals surface area contributed by atoms with E-state index in [2.05, 4.69) is 19.9 Å². The molecular formula is C26H25N5O2. The topological polar surface area (TPSA) is 85.0 Å². The molecule has 4 aromatic rings. The first-order valence-electron chi connectivity index (χ1n) is 11.5. The Labute approximate surface area is 191 Å². The molecule has 0 unspecified atom stereocenters. The number of nitrogens with zero attached hydrogens (tertiary/aromatic N) is 5. The molecule has 7 heteroatoms. The van der Waals surface area contributed by atoms with E-state index in [1.165, 1.54) is 12.8 Å². The van der Waals surface area contributed by atoms with Gasteiger partial charge in [0.2, 0.25) is 0 Å². The largest absolute Gasteiger partial charge is 0.441 e. The van der Waals surface area contributed by atoms with Gasteiger partial charge in [0.25, 0.3) is 5.91 Å². The minimum Gasteiger partial charge on any atom is -0.441 e. The second-order valence-corrected chi connectivity index (χ2v) is 9.33. The maximum atomic E-state index is 13.8. The minimum absolute atomic E-state index is 0.0347. The van der Waals surface area contributed by atoms with E-state index in [0.717, 1.165) is 42.1 Å². The van der Waals surface area contributed by atoms with Crippen molar-refractivity contribution >= 4 is 17.0 Å². The van der Waals surface area contributed by atoms with Gasteiger partial charge in [0, 0.05) is 37.1 Å². The predicted octanol–water partition coefficient (Wildman–Crippen LogP) is 4.62.